The van der Waals surface area contributed by atoms with Gasteiger partial charge in [-0.05, 0) is 25.7 Å². The molecule has 0 unspecified atom stereocenters. The normalized spacial score (nSPS) is 11.1. The number of nitrogens with one attached hydrogen (secondary N) is 2. The zero-order chi connectivity index (χ0) is 40.6. The van der Waals surface area contributed by atoms with Gasteiger partial charge in [0.1, 0.15) is 18.0 Å². The van der Waals surface area contributed by atoms with Gasteiger partial charge in [-0.15, -0.1) is 20.4 Å². The summed E-state index contributed by atoms with van der Waals surface area (Å²) in [5.74, 6) is 3.19. The fourth-order valence-electron chi connectivity index (χ4n) is 4.96. The van der Waals surface area contributed by atoms with Gasteiger partial charge in [-0.25, -0.2) is 0 Å². The molecular formula is C34H57ClN12O8S2. The molecule has 0 bridgehead atoms. The molecule has 0 fully saturated rings. The first-order valence-electron chi connectivity index (χ1n) is 17.4. The third-order valence-electron chi connectivity index (χ3n) is 7.47. The average Bonchev–Trinajstić information content (AvgIpc) is 3.19. The minimum absolute atomic E-state index is 0. The molecule has 0 saturated carbocycles. The molecule has 4 rings (SSSR count). The number of hydrogen-bond acceptors (Lipinski definition) is 20. The van der Waals surface area contributed by atoms with E-state index < -0.39 is 0 Å². The Morgan fingerprint density at radius 2 is 1.14 bits per heavy atom. The Hall–Kier alpha value is -4.61. The molecule has 2 atom stereocenters. The third kappa shape index (κ3) is 17.6. The maximum absolute atomic E-state index is 9.25. The van der Waals surface area contributed by atoms with E-state index in [0.29, 0.717) is 58.9 Å². The van der Waals surface area contributed by atoms with Gasteiger partial charge < -0.3 is 61.1 Å². The molecule has 9 N–H and O–H groups in total. The first-order valence-corrected chi connectivity index (χ1v) is 17.8. The standard InChI is InChI=1S/C17H26N6O4.C9H16ClN5O.C8H11NO3.2H2S/c1-4-5-11(7-9-24)20-15-16(22-23-17(18)21-15)27-10-12-14(26-3)13(25-2)6-8-19-12;1-2-3-6(4-5-16)12-8-7(10)14-15-9(11)13-8;1-11-7-3-4-9-6(5-10)8(7)12-2;;/h6,8,11,24H,4-5,7,9-10H2,1-3H3,(H3,18,20,21,23);6,16H,2-5H2,1H3,(H3,11,12,13,15);3-4,10H,5H2,1-2H3;2*1H2/t11-;6-;;;/m00.../s1. The van der Waals surface area contributed by atoms with Gasteiger partial charge in [0.25, 0.3) is 5.88 Å². The van der Waals surface area contributed by atoms with E-state index in [0.717, 1.165) is 25.7 Å². The van der Waals surface area contributed by atoms with Crippen LogP contribution in [0.3, 0.4) is 0 Å². The van der Waals surface area contributed by atoms with Crippen LogP contribution in [-0.2, 0) is 13.2 Å². The van der Waals surface area contributed by atoms with Crippen molar-refractivity contribution >= 4 is 62.1 Å². The number of nitrogen functional groups attached to an aromatic ring is 2. The van der Waals surface area contributed by atoms with Gasteiger partial charge in [0.15, 0.2) is 39.8 Å². The molecule has 0 saturated heterocycles. The molecule has 4 heterocycles. The van der Waals surface area contributed by atoms with Gasteiger partial charge in [0.2, 0.25) is 11.9 Å². The van der Waals surface area contributed by atoms with Crippen LogP contribution in [0, 0.1) is 0 Å². The number of aliphatic hydroxyl groups excluding tert-OH is 3. The Labute approximate surface area is 351 Å². The fourth-order valence-corrected chi connectivity index (χ4v) is 5.10. The highest BCUT2D eigenvalue weighted by molar-refractivity contribution is 7.59. The van der Waals surface area contributed by atoms with Crippen molar-refractivity contribution in [2.24, 2.45) is 0 Å². The van der Waals surface area contributed by atoms with Crippen LogP contribution < -0.4 is 45.8 Å². The highest BCUT2D eigenvalue weighted by atomic mass is 35.5. The number of methoxy groups -OCH3 is 4. The summed E-state index contributed by atoms with van der Waals surface area (Å²) in [5, 5.41) is 48.5. The molecule has 4 aromatic heterocycles. The number of rotatable bonds is 20. The molecule has 23 heteroatoms. The van der Waals surface area contributed by atoms with Gasteiger partial charge in [0, 0.05) is 49.8 Å². The first-order chi connectivity index (χ1) is 26.6. The van der Waals surface area contributed by atoms with Gasteiger partial charge in [-0.1, -0.05) is 38.3 Å². The van der Waals surface area contributed by atoms with E-state index in [1.807, 2.05) is 0 Å². The molecule has 0 aliphatic rings. The predicted molar refractivity (Wildman–Crippen MR) is 227 cm³/mol. The van der Waals surface area contributed by atoms with Crippen LogP contribution in [0.1, 0.15) is 63.8 Å². The van der Waals surface area contributed by atoms with Crippen molar-refractivity contribution in [1.82, 2.24) is 40.3 Å². The van der Waals surface area contributed by atoms with Crippen LogP contribution >= 0.6 is 38.6 Å². The quantitative estimate of drug-likeness (QED) is 0.0671. The van der Waals surface area contributed by atoms with E-state index in [1.54, 1.807) is 38.7 Å². The summed E-state index contributed by atoms with van der Waals surface area (Å²) in [5.41, 5.74) is 12.1. The van der Waals surface area contributed by atoms with Crippen molar-refractivity contribution in [2.45, 2.75) is 77.7 Å². The van der Waals surface area contributed by atoms with E-state index in [9.17, 15) is 5.11 Å². The third-order valence-corrected chi connectivity index (χ3v) is 7.73. The number of hydrogen-bond donors (Lipinski definition) is 7. The Morgan fingerprint density at radius 3 is 1.61 bits per heavy atom. The van der Waals surface area contributed by atoms with E-state index >= 15 is 0 Å². The number of aromatic nitrogens is 8. The zero-order valence-electron chi connectivity index (χ0n) is 33.0. The number of ether oxygens (including phenoxy) is 5. The van der Waals surface area contributed by atoms with Crippen LogP contribution in [0.5, 0.6) is 28.9 Å². The van der Waals surface area contributed by atoms with Gasteiger partial charge in [0.05, 0.1) is 35.0 Å². The Balaban J connectivity index is 0.000000891. The molecule has 0 radical (unpaired) electrons. The van der Waals surface area contributed by atoms with Crippen LogP contribution in [-0.4, -0.2) is 109 Å². The van der Waals surface area contributed by atoms with E-state index in [2.05, 4.69) is 64.8 Å². The summed E-state index contributed by atoms with van der Waals surface area (Å²) < 4.78 is 26.4. The summed E-state index contributed by atoms with van der Waals surface area (Å²) in [6.45, 7) is 4.24. The van der Waals surface area contributed by atoms with Crippen LogP contribution in [0.15, 0.2) is 24.5 Å². The maximum atomic E-state index is 9.25. The van der Waals surface area contributed by atoms with E-state index in [-0.39, 0.29) is 88.4 Å². The average molecular weight is 861 g/mol. The lowest BCUT2D eigenvalue weighted by Gasteiger charge is -2.19. The number of anilines is 4. The molecule has 0 aliphatic carbocycles. The number of nitrogens with zero attached hydrogens (tertiary/aromatic N) is 8. The van der Waals surface area contributed by atoms with Crippen molar-refractivity contribution in [3.05, 3.63) is 41.1 Å². The fraction of sp³-hybridized carbons (Fsp3) is 0.529. The molecule has 320 valence electrons. The lowest BCUT2D eigenvalue weighted by Crippen LogP contribution is -2.23. The van der Waals surface area contributed by atoms with Crippen LogP contribution in [0.2, 0.25) is 5.15 Å². The summed E-state index contributed by atoms with van der Waals surface area (Å²) in [6.07, 6.45) is 8.10. The van der Waals surface area contributed by atoms with Crippen molar-refractivity contribution in [3.8, 4) is 28.9 Å². The number of aliphatic hydroxyl groups is 3. The van der Waals surface area contributed by atoms with Gasteiger partial charge in [-0.3, -0.25) is 9.97 Å². The second-order valence-electron chi connectivity index (χ2n) is 11.4. The minimum atomic E-state index is -0.152. The van der Waals surface area contributed by atoms with Gasteiger partial charge in [-0.2, -0.15) is 37.0 Å². The second-order valence-corrected chi connectivity index (χ2v) is 11.7. The summed E-state index contributed by atoms with van der Waals surface area (Å²) in [4.78, 5) is 16.3. The molecule has 0 spiro atoms. The molecule has 4 aromatic rings. The molecular weight excluding hydrogens is 804 g/mol. The Bertz CT molecular complexity index is 1680. The summed E-state index contributed by atoms with van der Waals surface area (Å²) >= 11 is 5.82. The minimum Gasteiger partial charge on any atom is -0.493 e. The molecule has 20 nitrogen and oxygen atoms in total. The van der Waals surface area contributed by atoms with E-state index in [1.165, 1.54) is 14.2 Å². The monoisotopic (exact) mass is 860 g/mol. The smallest absolute Gasteiger partial charge is 0.277 e. The maximum Gasteiger partial charge on any atom is 0.277 e. The molecule has 0 amide bonds. The first kappa shape index (κ1) is 52.4. The molecule has 57 heavy (non-hydrogen) atoms. The SMILES string of the molecule is CCC[C@@H](CCO)Nc1nc(N)nnc1Cl.CCC[C@@H](CCO)Nc1nc(N)nnc1OCc1nccc(OC)c1OC.COc1ccnc(CO)c1OC.S.S. The molecule has 0 aromatic carbocycles. The van der Waals surface area contributed by atoms with Crippen LogP contribution in [0.25, 0.3) is 0 Å². The predicted octanol–water partition coefficient (Wildman–Crippen LogP) is 3.29. The Morgan fingerprint density at radius 1 is 0.667 bits per heavy atom. The lowest BCUT2D eigenvalue weighted by molar-refractivity contribution is 0.264. The Kier molecular flexibility index (Phi) is 27.2. The second kappa shape index (κ2) is 29.6. The van der Waals surface area contributed by atoms with Crippen molar-refractivity contribution in [2.75, 3.05) is 63.8 Å². The summed E-state index contributed by atoms with van der Waals surface area (Å²) in [7, 11) is 6.14. The van der Waals surface area contributed by atoms with E-state index in [4.69, 9.17) is 57.0 Å². The highest BCUT2D eigenvalue weighted by Crippen LogP contribution is 2.31. The van der Waals surface area contributed by atoms with Crippen molar-refractivity contribution < 1.29 is 39.0 Å². The highest BCUT2D eigenvalue weighted by Gasteiger charge is 2.18. The zero-order valence-corrected chi connectivity index (χ0v) is 35.8. The number of halogens is 1. The summed E-state index contributed by atoms with van der Waals surface area (Å²) in [6, 6.07) is 3.51. The van der Waals surface area contributed by atoms with Crippen molar-refractivity contribution in [1.29, 1.82) is 0 Å². The van der Waals surface area contributed by atoms with Crippen LogP contribution in [0.4, 0.5) is 23.5 Å². The number of pyridine rings is 2. The van der Waals surface area contributed by atoms with Gasteiger partial charge >= 0.3 is 0 Å². The van der Waals surface area contributed by atoms with Crippen molar-refractivity contribution in [3.63, 3.8) is 0 Å². The topological polar surface area (TPSA) is 286 Å². The molecule has 0 aliphatic heterocycles. The number of nitrogens with two attached hydrogens (primary N) is 2. The lowest BCUT2D eigenvalue weighted by atomic mass is 10.1. The largest absolute Gasteiger partial charge is 0.493 e.